The Kier molecular flexibility index (Phi) is 4.52. The van der Waals surface area contributed by atoms with E-state index < -0.39 is 5.41 Å². The van der Waals surface area contributed by atoms with Crippen LogP contribution in [-0.2, 0) is 9.59 Å². The molecule has 1 aliphatic rings. The standard InChI is InChI=1S/C11H20N4O3/c1-3-15(7-8(16)13-2)10(17)11(5-4-6-11)9(12)14-18/h18H,3-7H2,1-2H3,(H2,12,14)(H,13,16). The number of amides is 2. The Labute approximate surface area is 106 Å². The SMILES string of the molecule is CCN(CC(=O)NC)C(=O)C1(C(N)=NO)CCC1. The molecule has 1 saturated carbocycles. The van der Waals surface area contributed by atoms with E-state index in [1.54, 1.807) is 6.92 Å². The number of carbonyl (C=O) groups excluding carboxylic acids is 2. The summed E-state index contributed by atoms with van der Waals surface area (Å²) in [6, 6.07) is 0. The Morgan fingerprint density at radius 2 is 2.11 bits per heavy atom. The van der Waals surface area contributed by atoms with E-state index in [-0.39, 0.29) is 24.2 Å². The van der Waals surface area contributed by atoms with Crippen molar-refractivity contribution in [3.8, 4) is 0 Å². The molecule has 0 aromatic carbocycles. The molecule has 7 heteroatoms. The van der Waals surface area contributed by atoms with Gasteiger partial charge in [-0.05, 0) is 19.8 Å². The van der Waals surface area contributed by atoms with Crippen molar-refractivity contribution in [1.82, 2.24) is 10.2 Å². The van der Waals surface area contributed by atoms with Gasteiger partial charge in [-0.2, -0.15) is 0 Å². The number of carbonyl (C=O) groups is 2. The first-order chi connectivity index (χ1) is 8.51. The van der Waals surface area contributed by atoms with Gasteiger partial charge in [-0.1, -0.05) is 11.6 Å². The molecule has 0 aliphatic heterocycles. The molecule has 1 fully saturated rings. The molecular weight excluding hydrogens is 236 g/mol. The maximum absolute atomic E-state index is 12.4. The number of hydrogen-bond donors (Lipinski definition) is 3. The molecule has 1 aliphatic carbocycles. The van der Waals surface area contributed by atoms with E-state index in [9.17, 15) is 9.59 Å². The van der Waals surface area contributed by atoms with Crippen LogP contribution in [0.4, 0.5) is 0 Å². The van der Waals surface area contributed by atoms with Crippen LogP contribution in [0.5, 0.6) is 0 Å². The maximum atomic E-state index is 12.4. The third kappa shape index (κ3) is 2.39. The molecule has 0 radical (unpaired) electrons. The number of likely N-dealkylation sites (N-methyl/N-ethyl adjacent to an activating group) is 2. The van der Waals surface area contributed by atoms with Gasteiger partial charge in [0.1, 0.15) is 5.41 Å². The lowest BCUT2D eigenvalue weighted by Gasteiger charge is -2.41. The summed E-state index contributed by atoms with van der Waals surface area (Å²) in [5.41, 5.74) is 4.70. The van der Waals surface area contributed by atoms with Crippen LogP contribution in [0, 0.1) is 5.41 Å². The molecule has 0 aromatic heterocycles. The molecule has 7 nitrogen and oxygen atoms in total. The minimum absolute atomic E-state index is 0.00765. The summed E-state index contributed by atoms with van der Waals surface area (Å²) in [7, 11) is 1.52. The molecule has 2 amide bonds. The number of oxime groups is 1. The average molecular weight is 256 g/mol. The molecule has 4 N–H and O–H groups in total. The van der Waals surface area contributed by atoms with Gasteiger partial charge in [-0.3, -0.25) is 9.59 Å². The zero-order valence-electron chi connectivity index (χ0n) is 10.8. The van der Waals surface area contributed by atoms with Gasteiger partial charge in [0.05, 0.1) is 6.54 Å². The predicted molar refractivity (Wildman–Crippen MR) is 66.0 cm³/mol. The highest BCUT2D eigenvalue weighted by atomic mass is 16.4. The molecule has 102 valence electrons. The van der Waals surface area contributed by atoms with Gasteiger partial charge in [-0.25, -0.2) is 0 Å². The van der Waals surface area contributed by atoms with Gasteiger partial charge in [0.25, 0.3) is 0 Å². The lowest BCUT2D eigenvalue weighted by atomic mass is 9.67. The summed E-state index contributed by atoms with van der Waals surface area (Å²) < 4.78 is 0. The van der Waals surface area contributed by atoms with Crippen LogP contribution >= 0.6 is 0 Å². The zero-order valence-corrected chi connectivity index (χ0v) is 10.8. The minimum atomic E-state index is -0.918. The summed E-state index contributed by atoms with van der Waals surface area (Å²) in [5.74, 6) is -0.538. The van der Waals surface area contributed by atoms with Gasteiger partial charge < -0.3 is 21.2 Å². The Morgan fingerprint density at radius 3 is 2.44 bits per heavy atom. The largest absolute Gasteiger partial charge is 0.409 e. The first-order valence-corrected chi connectivity index (χ1v) is 5.99. The molecule has 18 heavy (non-hydrogen) atoms. The van der Waals surface area contributed by atoms with Crippen LogP contribution in [-0.4, -0.2) is 47.9 Å². The number of rotatable bonds is 5. The van der Waals surface area contributed by atoms with Crippen molar-refractivity contribution >= 4 is 17.6 Å². The normalized spacial score (nSPS) is 17.8. The Balaban J connectivity index is 2.85. The number of amidine groups is 1. The molecule has 0 atom stereocenters. The van der Waals surface area contributed by atoms with Crippen LogP contribution in [0.25, 0.3) is 0 Å². The van der Waals surface area contributed by atoms with Gasteiger partial charge >= 0.3 is 0 Å². The monoisotopic (exact) mass is 256 g/mol. The Bertz CT molecular complexity index is 363. The van der Waals surface area contributed by atoms with Crippen molar-refractivity contribution in [2.75, 3.05) is 20.1 Å². The molecule has 0 spiro atoms. The molecule has 1 rings (SSSR count). The average Bonchev–Trinajstić information content (AvgIpc) is 2.33. The van der Waals surface area contributed by atoms with E-state index in [1.165, 1.54) is 11.9 Å². The second-order valence-electron chi connectivity index (χ2n) is 4.41. The first kappa shape index (κ1) is 14.3. The fraction of sp³-hybridized carbons (Fsp3) is 0.727. The van der Waals surface area contributed by atoms with Crippen molar-refractivity contribution in [1.29, 1.82) is 0 Å². The lowest BCUT2D eigenvalue weighted by Crippen LogP contribution is -2.56. The van der Waals surface area contributed by atoms with Crippen LogP contribution in [0.1, 0.15) is 26.2 Å². The highest BCUT2D eigenvalue weighted by molar-refractivity contribution is 6.08. The van der Waals surface area contributed by atoms with Crippen molar-refractivity contribution < 1.29 is 14.8 Å². The molecule has 0 heterocycles. The van der Waals surface area contributed by atoms with Crippen LogP contribution in [0.15, 0.2) is 5.16 Å². The second-order valence-corrected chi connectivity index (χ2v) is 4.41. The number of nitrogens with zero attached hydrogens (tertiary/aromatic N) is 2. The van der Waals surface area contributed by atoms with Gasteiger partial charge in [0.2, 0.25) is 11.8 Å². The van der Waals surface area contributed by atoms with Crippen molar-refractivity contribution in [2.24, 2.45) is 16.3 Å². The maximum Gasteiger partial charge on any atom is 0.239 e. The second kappa shape index (κ2) is 5.70. The van der Waals surface area contributed by atoms with Crippen molar-refractivity contribution in [3.63, 3.8) is 0 Å². The fourth-order valence-corrected chi connectivity index (χ4v) is 2.09. The third-order valence-electron chi connectivity index (χ3n) is 3.50. The van der Waals surface area contributed by atoms with E-state index in [0.717, 1.165) is 6.42 Å². The Morgan fingerprint density at radius 1 is 1.50 bits per heavy atom. The molecule has 0 bridgehead atoms. The number of nitrogens with one attached hydrogen (secondary N) is 1. The fourth-order valence-electron chi connectivity index (χ4n) is 2.09. The van der Waals surface area contributed by atoms with Gasteiger partial charge in [0, 0.05) is 13.6 Å². The van der Waals surface area contributed by atoms with Gasteiger partial charge in [0.15, 0.2) is 5.84 Å². The van der Waals surface area contributed by atoms with E-state index >= 15 is 0 Å². The topological polar surface area (TPSA) is 108 Å². The van der Waals surface area contributed by atoms with Crippen molar-refractivity contribution in [3.05, 3.63) is 0 Å². The van der Waals surface area contributed by atoms with E-state index in [4.69, 9.17) is 10.9 Å². The van der Waals surface area contributed by atoms with E-state index in [0.29, 0.717) is 19.4 Å². The van der Waals surface area contributed by atoms with Crippen LogP contribution in [0.2, 0.25) is 0 Å². The van der Waals surface area contributed by atoms with Crippen LogP contribution in [0.3, 0.4) is 0 Å². The molecule has 0 aromatic rings. The summed E-state index contributed by atoms with van der Waals surface area (Å²) in [6.45, 7) is 2.19. The quantitative estimate of drug-likeness (QED) is 0.266. The van der Waals surface area contributed by atoms with Crippen LogP contribution < -0.4 is 11.1 Å². The summed E-state index contributed by atoms with van der Waals surface area (Å²) in [5, 5.41) is 14.2. The third-order valence-corrected chi connectivity index (χ3v) is 3.50. The molecular formula is C11H20N4O3. The molecule has 0 saturated heterocycles. The lowest BCUT2D eigenvalue weighted by molar-refractivity contribution is -0.144. The summed E-state index contributed by atoms with van der Waals surface area (Å²) >= 11 is 0. The number of hydrogen-bond acceptors (Lipinski definition) is 4. The van der Waals surface area contributed by atoms with E-state index in [1.807, 2.05) is 0 Å². The van der Waals surface area contributed by atoms with Crippen molar-refractivity contribution in [2.45, 2.75) is 26.2 Å². The Hall–Kier alpha value is -1.79. The van der Waals surface area contributed by atoms with E-state index in [2.05, 4.69) is 10.5 Å². The van der Waals surface area contributed by atoms with Gasteiger partial charge in [-0.15, -0.1) is 0 Å². The zero-order chi connectivity index (χ0) is 13.8. The first-order valence-electron chi connectivity index (χ1n) is 5.99. The minimum Gasteiger partial charge on any atom is -0.409 e. The highest BCUT2D eigenvalue weighted by Gasteiger charge is 2.50. The highest BCUT2D eigenvalue weighted by Crippen LogP contribution is 2.42. The summed E-state index contributed by atoms with van der Waals surface area (Å²) in [6.07, 6.45) is 1.98. The molecule has 0 unspecified atom stereocenters. The number of nitrogens with two attached hydrogens (primary N) is 1. The summed E-state index contributed by atoms with van der Waals surface area (Å²) in [4.78, 5) is 25.2. The predicted octanol–water partition coefficient (Wildman–Crippen LogP) is -0.502. The smallest absolute Gasteiger partial charge is 0.239 e.